The van der Waals surface area contributed by atoms with Crippen LogP contribution in [0, 0.1) is 0 Å². The van der Waals surface area contributed by atoms with Crippen LogP contribution in [0.15, 0.2) is 54.6 Å². The molecule has 2 amide bonds. The first-order chi connectivity index (χ1) is 14.0. The van der Waals surface area contributed by atoms with Crippen LogP contribution in [-0.2, 0) is 22.6 Å². The number of hydroxylamine groups is 1. The number of amides is 2. The minimum Gasteiger partial charge on any atom is -0.346 e. The molecule has 1 heterocycles. The maximum Gasteiger partial charge on any atom is 0.267 e. The first kappa shape index (κ1) is 20.3. The van der Waals surface area contributed by atoms with Crippen molar-refractivity contribution in [1.82, 2.24) is 20.3 Å². The molecule has 3 N–H and O–H groups in total. The zero-order chi connectivity index (χ0) is 20.8. The van der Waals surface area contributed by atoms with Gasteiger partial charge in [0.15, 0.2) is 0 Å². The van der Waals surface area contributed by atoms with Crippen molar-refractivity contribution in [1.29, 1.82) is 0 Å². The fraction of sp³-hybridized carbons (Fsp3) is 0.227. The third-order valence-electron chi connectivity index (χ3n) is 4.63. The van der Waals surface area contributed by atoms with Crippen molar-refractivity contribution < 1.29 is 14.8 Å². The van der Waals surface area contributed by atoms with E-state index in [1.165, 1.54) is 6.08 Å². The van der Waals surface area contributed by atoms with Gasteiger partial charge < -0.3 is 9.88 Å². The molecule has 7 heteroatoms. The van der Waals surface area contributed by atoms with Gasteiger partial charge in [-0.2, -0.15) is 0 Å². The van der Waals surface area contributed by atoms with Gasteiger partial charge in [0.25, 0.3) is 5.91 Å². The van der Waals surface area contributed by atoms with E-state index < -0.39 is 5.91 Å². The first-order valence-electron chi connectivity index (χ1n) is 9.47. The van der Waals surface area contributed by atoms with E-state index in [0.29, 0.717) is 13.0 Å². The van der Waals surface area contributed by atoms with Crippen LogP contribution in [0.5, 0.6) is 0 Å². The highest BCUT2D eigenvalue weighted by Crippen LogP contribution is 2.22. The van der Waals surface area contributed by atoms with Crippen LogP contribution in [0.1, 0.15) is 36.8 Å². The van der Waals surface area contributed by atoms with Crippen LogP contribution in [0.3, 0.4) is 0 Å². The van der Waals surface area contributed by atoms with Gasteiger partial charge in [0.05, 0.1) is 23.5 Å². The molecule has 3 aromatic rings. The molecule has 1 aromatic heterocycles. The molecule has 0 saturated carbocycles. The normalized spacial score (nSPS) is 12.2. The first-order valence-corrected chi connectivity index (χ1v) is 9.47. The van der Waals surface area contributed by atoms with Gasteiger partial charge in [-0.05, 0) is 43.2 Å². The molecule has 2 aromatic carbocycles. The summed E-state index contributed by atoms with van der Waals surface area (Å²) in [6.07, 6.45) is 3.16. The van der Waals surface area contributed by atoms with Crippen molar-refractivity contribution in [3.63, 3.8) is 0 Å². The number of carbonyl (C=O) groups is 2. The van der Waals surface area contributed by atoms with Gasteiger partial charge in [0, 0.05) is 12.6 Å². The van der Waals surface area contributed by atoms with E-state index in [0.717, 1.165) is 28.0 Å². The maximum absolute atomic E-state index is 12.4. The van der Waals surface area contributed by atoms with Crippen LogP contribution in [0.4, 0.5) is 0 Å². The van der Waals surface area contributed by atoms with Gasteiger partial charge in [0.2, 0.25) is 5.91 Å². The average molecular weight is 392 g/mol. The van der Waals surface area contributed by atoms with Crippen LogP contribution in [0.2, 0.25) is 0 Å². The minimum absolute atomic E-state index is 0.0583. The summed E-state index contributed by atoms with van der Waals surface area (Å²) in [5.74, 6) is 0.120. The van der Waals surface area contributed by atoms with E-state index in [9.17, 15) is 9.59 Å². The molecular weight excluding hydrogens is 368 g/mol. The molecule has 0 spiro atoms. The Labute approximate surface area is 169 Å². The van der Waals surface area contributed by atoms with Crippen molar-refractivity contribution in [2.24, 2.45) is 0 Å². The Kier molecular flexibility index (Phi) is 6.41. The predicted molar refractivity (Wildman–Crippen MR) is 111 cm³/mol. The standard InChI is InChI=1S/C22H24N4O3/c1-3-26-19-11-9-17(10-12-20(27)25-29)13-18(19)24-22(26)15(2)23-21(28)14-16-7-5-4-6-8-16/h4-13,15,29H,3,14H2,1-2H3,(H,23,28)(H,25,27). The second kappa shape index (κ2) is 9.16. The summed E-state index contributed by atoms with van der Waals surface area (Å²) in [5.41, 5.74) is 5.04. The van der Waals surface area contributed by atoms with E-state index >= 15 is 0 Å². The highest BCUT2D eigenvalue weighted by atomic mass is 16.5. The molecule has 1 atom stereocenters. The molecule has 0 fully saturated rings. The van der Waals surface area contributed by atoms with E-state index in [1.807, 2.05) is 62.4 Å². The Bertz CT molecular complexity index is 1040. The zero-order valence-corrected chi connectivity index (χ0v) is 16.4. The van der Waals surface area contributed by atoms with Gasteiger partial charge >= 0.3 is 0 Å². The molecule has 0 radical (unpaired) electrons. The lowest BCUT2D eigenvalue weighted by molar-refractivity contribution is -0.124. The lowest BCUT2D eigenvalue weighted by Crippen LogP contribution is -2.29. The number of fused-ring (bicyclic) bond motifs is 1. The number of aromatic nitrogens is 2. The Morgan fingerprint density at radius 1 is 1.21 bits per heavy atom. The summed E-state index contributed by atoms with van der Waals surface area (Å²) in [7, 11) is 0. The Hall–Kier alpha value is -3.45. The van der Waals surface area contributed by atoms with Crippen molar-refractivity contribution in [2.75, 3.05) is 0 Å². The number of nitrogens with one attached hydrogen (secondary N) is 2. The SMILES string of the molecule is CCn1c(C(C)NC(=O)Cc2ccccc2)nc2cc(C=CC(=O)NO)ccc21. The van der Waals surface area contributed by atoms with E-state index in [4.69, 9.17) is 10.2 Å². The molecule has 3 rings (SSSR count). The zero-order valence-electron chi connectivity index (χ0n) is 16.4. The number of nitrogens with zero attached hydrogens (tertiary/aromatic N) is 2. The predicted octanol–water partition coefficient (Wildman–Crippen LogP) is 2.99. The molecule has 150 valence electrons. The molecule has 0 aliphatic heterocycles. The van der Waals surface area contributed by atoms with E-state index in [-0.39, 0.29) is 11.9 Å². The summed E-state index contributed by atoms with van der Waals surface area (Å²) in [6.45, 7) is 4.66. The van der Waals surface area contributed by atoms with E-state index in [1.54, 1.807) is 11.6 Å². The third kappa shape index (κ3) is 4.89. The lowest BCUT2D eigenvalue weighted by atomic mass is 10.1. The van der Waals surface area contributed by atoms with E-state index in [2.05, 4.69) is 9.88 Å². The Morgan fingerprint density at radius 2 is 1.97 bits per heavy atom. The molecular formula is C22H24N4O3. The number of hydrogen-bond acceptors (Lipinski definition) is 4. The molecule has 1 unspecified atom stereocenters. The van der Waals surface area contributed by atoms with Crippen LogP contribution in [0.25, 0.3) is 17.1 Å². The van der Waals surface area contributed by atoms with Crippen LogP contribution < -0.4 is 10.8 Å². The van der Waals surface area contributed by atoms with Gasteiger partial charge in [-0.15, -0.1) is 0 Å². The number of hydrogen-bond donors (Lipinski definition) is 3. The van der Waals surface area contributed by atoms with Crippen molar-refractivity contribution in [2.45, 2.75) is 32.9 Å². The van der Waals surface area contributed by atoms with Crippen molar-refractivity contribution >= 4 is 28.9 Å². The lowest BCUT2D eigenvalue weighted by Gasteiger charge is -2.15. The second-order valence-electron chi connectivity index (χ2n) is 6.72. The summed E-state index contributed by atoms with van der Waals surface area (Å²) in [4.78, 5) is 28.3. The van der Waals surface area contributed by atoms with Gasteiger partial charge in [-0.25, -0.2) is 10.5 Å². The highest BCUT2D eigenvalue weighted by molar-refractivity contribution is 5.91. The Morgan fingerprint density at radius 3 is 2.66 bits per heavy atom. The second-order valence-corrected chi connectivity index (χ2v) is 6.72. The van der Waals surface area contributed by atoms with Crippen LogP contribution in [-0.4, -0.2) is 26.6 Å². The van der Waals surface area contributed by atoms with Crippen molar-refractivity contribution in [3.05, 3.63) is 71.6 Å². The summed E-state index contributed by atoms with van der Waals surface area (Å²) >= 11 is 0. The molecule has 29 heavy (non-hydrogen) atoms. The monoisotopic (exact) mass is 392 g/mol. The van der Waals surface area contributed by atoms with Crippen molar-refractivity contribution in [3.8, 4) is 0 Å². The quantitative estimate of drug-likeness (QED) is 0.327. The van der Waals surface area contributed by atoms with Crippen LogP contribution >= 0.6 is 0 Å². The summed E-state index contributed by atoms with van der Waals surface area (Å²) in [6, 6.07) is 15.0. The molecule has 0 saturated heterocycles. The molecule has 0 aliphatic carbocycles. The fourth-order valence-corrected chi connectivity index (χ4v) is 3.28. The highest BCUT2D eigenvalue weighted by Gasteiger charge is 2.18. The van der Waals surface area contributed by atoms with Gasteiger partial charge in [-0.3, -0.25) is 14.8 Å². The maximum atomic E-state index is 12.4. The molecule has 7 nitrogen and oxygen atoms in total. The van der Waals surface area contributed by atoms with Gasteiger partial charge in [-0.1, -0.05) is 36.4 Å². The smallest absolute Gasteiger partial charge is 0.267 e. The average Bonchev–Trinajstić information content (AvgIpc) is 3.10. The summed E-state index contributed by atoms with van der Waals surface area (Å²) in [5, 5.41) is 11.6. The number of benzene rings is 2. The fourth-order valence-electron chi connectivity index (χ4n) is 3.28. The number of aryl methyl sites for hydroxylation is 1. The largest absolute Gasteiger partial charge is 0.346 e. The Balaban J connectivity index is 1.81. The number of imidazole rings is 1. The third-order valence-corrected chi connectivity index (χ3v) is 4.63. The summed E-state index contributed by atoms with van der Waals surface area (Å²) < 4.78 is 2.07. The van der Waals surface area contributed by atoms with Gasteiger partial charge in [0.1, 0.15) is 5.82 Å². The number of rotatable bonds is 7. The topological polar surface area (TPSA) is 96.2 Å². The number of carbonyl (C=O) groups excluding carboxylic acids is 2. The molecule has 0 bridgehead atoms. The molecule has 0 aliphatic rings. The minimum atomic E-state index is -0.598.